The Balaban J connectivity index is 2.97. The molecule has 17 heavy (non-hydrogen) atoms. The third kappa shape index (κ3) is 3.15. The van der Waals surface area contributed by atoms with Gasteiger partial charge in [0, 0.05) is 18.3 Å². The van der Waals surface area contributed by atoms with Crippen molar-refractivity contribution < 1.29 is 15.1 Å². The lowest BCUT2D eigenvalue weighted by molar-refractivity contribution is -0.385. The fourth-order valence-corrected chi connectivity index (χ4v) is 1.59. The molecule has 0 bridgehead atoms. The summed E-state index contributed by atoms with van der Waals surface area (Å²) in [4.78, 5) is 10.3. The van der Waals surface area contributed by atoms with Crippen molar-refractivity contribution >= 4 is 11.4 Å². The highest BCUT2D eigenvalue weighted by atomic mass is 16.6. The fourth-order valence-electron chi connectivity index (χ4n) is 1.59. The van der Waals surface area contributed by atoms with Gasteiger partial charge in [0.25, 0.3) is 5.69 Å². The van der Waals surface area contributed by atoms with Gasteiger partial charge in [-0.05, 0) is 19.4 Å². The molecule has 0 aliphatic rings. The third-order valence-corrected chi connectivity index (χ3v) is 2.57. The number of benzene rings is 1. The molecular weight excluding hydrogens is 224 g/mol. The van der Waals surface area contributed by atoms with E-state index < -0.39 is 11.0 Å². The number of nitro groups is 1. The smallest absolute Gasteiger partial charge is 0.274 e. The first-order chi connectivity index (χ1) is 7.97. The quantitative estimate of drug-likeness (QED) is 0.526. The van der Waals surface area contributed by atoms with Gasteiger partial charge in [-0.2, -0.15) is 0 Å². The Labute approximate surface area is 99.0 Å². The zero-order valence-corrected chi connectivity index (χ0v) is 9.80. The average molecular weight is 240 g/mol. The normalized spacial score (nSPS) is 12.2. The topological polar surface area (TPSA) is 95.6 Å². The Bertz CT molecular complexity index is 420. The van der Waals surface area contributed by atoms with Gasteiger partial charge < -0.3 is 15.5 Å². The Morgan fingerprint density at radius 3 is 2.65 bits per heavy atom. The van der Waals surface area contributed by atoms with Gasteiger partial charge in [-0.3, -0.25) is 10.1 Å². The number of rotatable bonds is 5. The number of nitrogens with zero attached hydrogens (tertiary/aromatic N) is 1. The number of nitro benzene ring substituents is 1. The molecule has 1 aromatic carbocycles. The average Bonchev–Trinajstić information content (AvgIpc) is 2.27. The van der Waals surface area contributed by atoms with Gasteiger partial charge in [-0.25, -0.2) is 0 Å². The zero-order chi connectivity index (χ0) is 13.0. The highest BCUT2D eigenvalue weighted by Crippen LogP contribution is 2.28. The molecule has 0 aliphatic carbocycles. The monoisotopic (exact) mass is 240 g/mol. The van der Waals surface area contributed by atoms with Gasteiger partial charge in [-0.1, -0.05) is 6.07 Å². The number of aliphatic hydroxyl groups excluding tert-OH is 2. The SMILES string of the molecule is Cc1ccc([N+](=O)[O-])c(C)c1NCC(O)CO. The lowest BCUT2D eigenvalue weighted by atomic mass is 10.1. The van der Waals surface area contributed by atoms with E-state index in [4.69, 9.17) is 5.11 Å². The highest BCUT2D eigenvalue weighted by molar-refractivity contribution is 5.64. The Morgan fingerprint density at radius 2 is 2.12 bits per heavy atom. The van der Waals surface area contributed by atoms with Crippen LogP contribution in [0.15, 0.2) is 12.1 Å². The summed E-state index contributed by atoms with van der Waals surface area (Å²) < 4.78 is 0. The summed E-state index contributed by atoms with van der Waals surface area (Å²) in [6.07, 6.45) is -0.881. The molecule has 1 rings (SSSR count). The maximum atomic E-state index is 10.8. The number of aryl methyl sites for hydroxylation is 1. The molecule has 0 spiro atoms. The van der Waals surface area contributed by atoms with E-state index in [1.54, 1.807) is 13.0 Å². The number of nitrogens with one attached hydrogen (secondary N) is 1. The number of hydrogen-bond donors (Lipinski definition) is 3. The summed E-state index contributed by atoms with van der Waals surface area (Å²) in [6, 6.07) is 3.11. The third-order valence-electron chi connectivity index (χ3n) is 2.57. The molecule has 0 amide bonds. The minimum Gasteiger partial charge on any atom is -0.394 e. The summed E-state index contributed by atoms with van der Waals surface area (Å²) in [7, 11) is 0. The van der Waals surface area contributed by atoms with Crippen LogP contribution in [0.5, 0.6) is 0 Å². The molecule has 94 valence electrons. The van der Waals surface area contributed by atoms with Crippen LogP contribution in [0.1, 0.15) is 11.1 Å². The van der Waals surface area contributed by atoms with Crippen molar-refractivity contribution in [3.8, 4) is 0 Å². The van der Waals surface area contributed by atoms with E-state index in [0.717, 1.165) is 5.56 Å². The molecule has 0 saturated carbocycles. The Hall–Kier alpha value is -1.66. The van der Waals surface area contributed by atoms with E-state index >= 15 is 0 Å². The molecule has 0 aliphatic heterocycles. The Kier molecular flexibility index (Phi) is 4.42. The molecule has 3 N–H and O–H groups in total. The number of aliphatic hydroxyl groups is 2. The molecule has 0 heterocycles. The minimum atomic E-state index is -0.881. The van der Waals surface area contributed by atoms with Gasteiger partial charge >= 0.3 is 0 Å². The summed E-state index contributed by atoms with van der Waals surface area (Å²) in [5.41, 5.74) is 2.06. The predicted molar refractivity (Wildman–Crippen MR) is 64.2 cm³/mol. The summed E-state index contributed by atoms with van der Waals surface area (Å²) in [5, 5.41) is 31.6. The number of anilines is 1. The first-order valence-corrected chi connectivity index (χ1v) is 5.24. The molecule has 1 atom stereocenters. The molecule has 1 aromatic rings. The van der Waals surface area contributed by atoms with E-state index in [0.29, 0.717) is 11.3 Å². The van der Waals surface area contributed by atoms with Gasteiger partial charge in [0.1, 0.15) is 0 Å². The van der Waals surface area contributed by atoms with Gasteiger partial charge in [0.05, 0.1) is 23.2 Å². The van der Waals surface area contributed by atoms with Crippen LogP contribution in [0, 0.1) is 24.0 Å². The fraction of sp³-hybridized carbons (Fsp3) is 0.455. The molecule has 6 heteroatoms. The molecule has 0 radical (unpaired) electrons. The van der Waals surface area contributed by atoms with Crippen molar-refractivity contribution in [1.29, 1.82) is 0 Å². The van der Waals surface area contributed by atoms with Crippen molar-refractivity contribution in [3.63, 3.8) is 0 Å². The second kappa shape index (κ2) is 5.60. The van der Waals surface area contributed by atoms with Crippen LogP contribution in [0.2, 0.25) is 0 Å². The van der Waals surface area contributed by atoms with E-state index in [2.05, 4.69) is 5.32 Å². The number of hydrogen-bond acceptors (Lipinski definition) is 5. The van der Waals surface area contributed by atoms with Gasteiger partial charge in [0.15, 0.2) is 0 Å². The first kappa shape index (κ1) is 13.4. The lowest BCUT2D eigenvalue weighted by Gasteiger charge is -2.14. The second-order valence-corrected chi connectivity index (χ2v) is 3.88. The van der Waals surface area contributed by atoms with E-state index in [9.17, 15) is 15.2 Å². The summed E-state index contributed by atoms with van der Waals surface area (Å²) in [6.45, 7) is 3.28. The van der Waals surface area contributed by atoms with Crippen LogP contribution in [0.3, 0.4) is 0 Å². The summed E-state index contributed by atoms with van der Waals surface area (Å²) in [5.74, 6) is 0. The van der Waals surface area contributed by atoms with Crippen molar-refractivity contribution in [2.45, 2.75) is 20.0 Å². The standard InChI is InChI=1S/C11H16N2O4/c1-7-3-4-10(13(16)17)8(2)11(7)12-5-9(15)6-14/h3-4,9,12,14-15H,5-6H2,1-2H3. The van der Waals surface area contributed by atoms with Crippen molar-refractivity contribution in [1.82, 2.24) is 0 Å². The van der Waals surface area contributed by atoms with Crippen LogP contribution in [-0.4, -0.2) is 34.4 Å². The minimum absolute atomic E-state index is 0.0385. The first-order valence-electron chi connectivity index (χ1n) is 5.24. The molecule has 0 saturated heterocycles. The molecular formula is C11H16N2O4. The van der Waals surface area contributed by atoms with Crippen LogP contribution in [0.4, 0.5) is 11.4 Å². The van der Waals surface area contributed by atoms with Crippen LogP contribution in [0.25, 0.3) is 0 Å². The van der Waals surface area contributed by atoms with Gasteiger partial charge in [-0.15, -0.1) is 0 Å². The van der Waals surface area contributed by atoms with Crippen molar-refractivity contribution in [2.75, 3.05) is 18.5 Å². The van der Waals surface area contributed by atoms with Gasteiger partial charge in [0.2, 0.25) is 0 Å². The lowest BCUT2D eigenvalue weighted by Crippen LogP contribution is -2.23. The molecule has 6 nitrogen and oxygen atoms in total. The van der Waals surface area contributed by atoms with E-state index in [1.807, 2.05) is 6.92 Å². The Morgan fingerprint density at radius 1 is 1.47 bits per heavy atom. The summed E-state index contributed by atoms with van der Waals surface area (Å²) >= 11 is 0. The van der Waals surface area contributed by atoms with Crippen LogP contribution >= 0.6 is 0 Å². The van der Waals surface area contributed by atoms with Crippen molar-refractivity contribution in [2.24, 2.45) is 0 Å². The van der Waals surface area contributed by atoms with E-state index in [1.165, 1.54) is 6.07 Å². The largest absolute Gasteiger partial charge is 0.394 e. The maximum Gasteiger partial charge on any atom is 0.274 e. The van der Waals surface area contributed by atoms with Crippen LogP contribution < -0.4 is 5.32 Å². The predicted octanol–water partition coefficient (Wildman–Crippen LogP) is 0.977. The molecule has 0 aromatic heterocycles. The van der Waals surface area contributed by atoms with Crippen LogP contribution in [-0.2, 0) is 0 Å². The molecule has 1 unspecified atom stereocenters. The zero-order valence-electron chi connectivity index (χ0n) is 9.80. The van der Waals surface area contributed by atoms with E-state index in [-0.39, 0.29) is 18.8 Å². The highest BCUT2D eigenvalue weighted by Gasteiger charge is 2.15. The maximum absolute atomic E-state index is 10.8. The molecule has 0 fully saturated rings. The second-order valence-electron chi connectivity index (χ2n) is 3.88. The van der Waals surface area contributed by atoms with Crippen molar-refractivity contribution in [3.05, 3.63) is 33.4 Å².